The van der Waals surface area contributed by atoms with Crippen LogP contribution in [0.2, 0.25) is 0 Å². The van der Waals surface area contributed by atoms with Gasteiger partial charge in [0.25, 0.3) is 0 Å². The van der Waals surface area contributed by atoms with E-state index in [4.69, 9.17) is 10.8 Å². The molecule has 11 nitrogen and oxygen atoms in total. The van der Waals surface area contributed by atoms with Crippen molar-refractivity contribution in [2.24, 2.45) is 5.73 Å². The zero-order valence-electron chi connectivity index (χ0n) is 14.9. The van der Waals surface area contributed by atoms with Crippen LogP contribution in [0.3, 0.4) is 0 Å². The van der Waals surface area contributed by atoms with Crippen molar-refractivity contribution >= 4 is 29.6 Å². The number of rotatable bonds is 8. The number of hydrogen-bond donors (Lipinski definition) is 5. The highest BCUT2D eigenvalue weighted by Crippen LogP contribution is 2.19. The highest BCUT2D eigenvalue weighted by Gasteiger charge is 2.38. The van der Waals surface area contributed by atoms with E-state index in [1.807, 2.05) is 0 Å². The smallest absolute Gasteiger partial charge is 0.322 e. The minimum atomic E-state index is -1.19. The fraction of sp³-hybridized carbons (Fsp3) is 0.688. The first-order valence-electron chi connectivity index (χ1n) is 8.91. The summed E-state index contributed by atoms with van der Waals surface area (Å²) in [6.07, 6.45) is 2.02. The third-order valence-corrected chi connectivity index (χ3v) is 4.65. The molecular weight excluding hydrogens is 358 g/mol. The molecule has 2 saturated heterocycles. The maximum Gasteiger partial charge on any atom is 0.322 e. The molecule has 0 aromatic carbocycles. The van der Waals surface area contributed by atoms with Gasteiger partial charge in [0.05, 0.1) is 12.5 Å². The summed E-state index contributed by atoms with van der Waals surface area (Å²) >= 11 is 0. The zero-order valence-corrected chi connectivity index (χ0v) is 14.9. The lowest BCUT2D eigenvalue weighted by molar-refractivity contribution is -0.143. The molecule has 0 radical (unpaired) electrons. The van der Waals surface area contributed by atoms with Gasteiger partial charge in [-0.15, -0.1) is 0 Å². The molecule has 0 saturated carbocycles. The van der Waals surface area contributed by atoms with Gasteiger partial charge in [0.1, 0.15) is 18.6 Å². The summed E-state index contributed by atoms with van der Waals surface area (Å²) in [7, 11) is 0. The number of amides is 4. The Morgan fingerprint density at radius 1 is 1.15 bits per heavy atom. The van der Waals surface area contributed by atoms with Crippen LogP contribution >= 0.6 is 0 Å². The number of primary amides is 1. The Kier molecular flexibility index (Phi) is 7.11. The van der Waals surface area contributed by atoms with Gasteiger partial charge in [-0.1, -0.05) is 0 Å². The van der Waals surface area contributed by atoms with E-state index >= 15 is 0 Å². The Bertz CT molecular complexity index is 618. The number of carbonyl (C=O) groups is 5. The largest absolute Gasteiger partial charge is 0.480 e. The number of carboxylic acid groups (broad SMARTS) is 1. The monoisotopic (exact) mass is 383 g/mol. The first-order valence-corrected chi connectivity index (χ1v) is 8.91. The van der Waals surface area contributed by atoms with E-state index < -0.39 is 54.3 Å². The molecule has 3 unspecified atom stereocenters. The maximum atomic E-state index is 12.9. The molecule has 0 aromatic heterocycles. The maximum absolute atomic E-state index is 12.9. The summed E-state index contributed by atoms with van der Waals surface area (Å²) in [5, 5.41) is 16.5. The second-order valence-corrected chi connectivity index (χ2v) is 6.68. The van der Waals surface area contributed by atoms with Crippen molar-refractivity contribution in [1.82, 2.24) is 20.9 Å². The number of likely N-dealkylation sites (tertiary alicyclic amines) is 1. The van der Waals surface area contributed by atoms with Crippen LogP contribution in [0.1, 0.15) is 32.1 Å². The van der Waals surface area contributed by atoms with Gasteiger partial charge in [0, 0.05) is 6.54 Å². The lowest BCUT2D eigenvalue weighted by Gasteiger charge is -2.28. The van der Waals surface area contributed by atoms with E-state index in [9.17, 15) is 24.0 Å². The van der Waals surface area contributed by atoms with Gasteiger partial charge in [-0.05, 0) is 32.2 Å². The van der Waals surface area contributed by atoms with Crippen molar-refractivity contribution in [3.8, 4) is 0 Å². The Hall–Kier alpha value is -2.69. The third kappa shape index (κ3) is 5.64. The Labute approximate surface area is 156 Å². The molecule has 150 valence electrons. The number of nitrogens with zero attached hydrogens (tertiary/aromatic N) is 1. The second kappa shape index (κ2) is 9.31. The van der Waals surface area contributed by atoms with Gasteiger partial charge >= 0.3 is 5.97 Å². The van der Waals surface area contributed by atoms with Crippen molar-refractivity contribution < 1.29 is 29.1 Å². The van der Waals surface area contributed by atoms with Gasteiger partial charge in [-0.2, -0.15) is 0 Å². The van der Waals surface area contributed by atoms with Gasteiger partial charge in [0.2, 0.25) is 23.6 Å². The molecule has 11 heteroatoms. The molecule has 27 heavy (non-hydrogen) atoms. The average Bonchev–Trinajstić information content (AvgIpc) is 3.29. The minimum Gasteiger partial charge on any atom is -0.480 e. The molecule has 0 bridgehead atoms. The van der Waals surface area contributed by atoms with Crippen molar-refractivity contribution in [2.45, 2.75) is 50.2 Å². The molecule has 3 atom stereocenters. The summed E-state index contributed by atoms with van der Waals surface area (Å²) < 4.78 is 0. The Morgan fingerprint density at radius 3 is 2.48 bits per heavy atom. The molecule has 2 aliphatic rings. The predicted molar refractivity (Wildman–Crippen MR) is 92.1 cm³/mol. The van der Waals surface area contributed by atoms with E-state index in [1.165, 1.54) is 4.90 Å². The normalized spacial score (nSPS) is 22.9. The molecule has 0 spiro atoms. The fourth-order valence-corrected chi connectivity index (χ4v) is 3.37. The highest BCUT2D eigenvalue weighted by atomic mass is 16.4. The minimum absolute atomic E-state index is 0.275. The summed E-state index contributed by atoms with van der Waals surface area (Å²) in [6.45, 7) is 0.424. The number of nitrogens with one attached hydrogen (secondary N) is 3. The molecular formula is C16H25N5O6. The molecule has 0 aliphatic carbocycles. The Balaban J connectivity index is 2.05. The van der Waals surface area contributed by atoms with Gasteiger partial charge < -0.3 is 31.7 Å². The van der Waals surface area contributed by atoms with Gasteiger partial charge in [0.15, 0.2) is 0 Å². The molecule has 2 rings (SSSR count). The number of hydrogen-bond acceptors (Lipinski definition) is 6. The standard InChI is InChI=1S/C16H25N5O6/c17-12(22)7-10(20-14(25)9-3-1-5-18-9)16(27)21-6-2-4-11(21)15(26)19-8-13(23)24/h9-11,18H,1-8H2,(H2,17,22)(H,19,26)(H,20,25)(H,23,24). The van der Waals surface area contributed by atoms with E-state index in [1.54, 1.807) is 0 Å². The zero-order chi connectivity index (χ0) is 20.0. The van der Waals surface area contributed by atoms with Crippen LogP contribution in [-0.2, 0) is 24.0 Å². The van der Waals surface area contributed by atoms with Crippen molar-refractivity contribution in [3.05, 3.63) is 0 Å². The van der Waals surface area contributed by atoms with Crippen LogP contribution in [0.25, 0.3) is 0 Å². The number of carbonyl (C=O) groups excluding carboxylic acids is 4. The first-order chi connectivity index (χ1) is 12.8. The van der Waals surface area contributed by atoms with Crippen molar-refractivity contribution in [2.75, 3.05) is 19.6 Å². The Morgan fingerprint density at radius 2 is 1.89 bits per heavy atom. The number of aliphatic carboxylic acids is 1. The number of carboxylic acids is 1. The third-order valence-electron chi connectivity index (χ3n) is 4.65. The summed E-state index contributed by atoms with van der Waals surface area (Å²) in [6, 6.07) is -2.43. The van der Waals surface area contributed by atoms with E-state index in [2.05, 4.69) is 16.0 Å². The summed E-state index contributed by atoms with van der Waals surface area (Å²) in [5.41, 5.74) is 5.21. The van der Waals surface area contributed by atoms with Gasteiger partial charge in [-0.3, -0.25) is 24.0 Å². The topological polar surface area (TPSA) is 171 Å². The first kappa shape index (κ1) is 20.6. The fourth-order valence-electron chi connectivity index (χ4n) is 3.37. The second-order valence-electron chi connectivity index (χ2n) is 6.68. The molecule has 2 heterocycles. The lowest BCUT2D eigenvalue weighted by atomic mass is 10.1. The van der Waals surface area contributed by atoms with Gasteiger partial charge in [-0.25, -0.2) is 0 Å². The van der Waals surface area contributed by atoms with E-state index in [0.717, 1.165) is 6.42 Å². The van der Waals surface area contributed by atoms with Crippen LogP contribution in [0, 0.1) is 0 Å². The SMILES string of the molecule is NC(=O)CC(NC(=O)C1CCCN1)C(=O)N1CCCC1C(=O)NCC(=O)O. The highest BCUT2D eigenvalue weighted by molar-refractivity contribution is 5.96. The van der Waals surface area contributed by atoms with Crippen LogP contribution in [0.4, 0.5) is 0 Å². The number of nitrogens with two attached hydrogens (primary N) is 1. The molecule has 4 amide bonds. The van der Waals surface area contributed by atoms with Crippen LogP contribution in [-0.4, -0.2) is 77.4 Å². The summed E-state index contributed by atoms with van der Waals surface area (Å²) in [4.78, 5) is 60.6. The van der Waals surface area contributed by atoms with Crippen molar-refractivity contribution in [1.29, 1.82) is 0 Å². The molecule has 6 N–H and O–H groups in total. The molecule has 2 fully saturated rings. The lowest BCUT2D eigenvalue weighted by Crippen LogP contribution is -2.56. The van der Waals surface area contributed by atoms with Crippen LogP contribution < -0.4 is 21.7 Å². The quantitative estimate of drug-likeness (QED) is 0.303. The average molecular weight is 383 g/mol. The molecule has 0 aromatic rings. The van der Waals surface area contributed by atoms with Crippen LogP contribution in [0.15, 0.2) is 0 Å². The van der Waals surface area contributed by atoms with Crippen molar-refractivity contribution in [3.63, 3.8) is 0 Å². The molecule has 2 aliphatic heterocycles. The van der Waals surface area contributed by atoms with Crippen LogP contribution in [0.5, 0.6) is 0 Å². The summed E-state index contributed by atoms with van der Waals surface area (Å²) in [5.74, 6) is -3.49. The van der Waals surface area contributed by atoms with E-state index in [0.29, 0.717) is 25.8 Å². The predicted octanol–water partition coefficient (Wildman–Crippen LogP) is -2.71. The van der Waals surface area contributed by atoms with E-state index in [-0.39, 0.29) is 13.0 Å².